The maximum absolute atomic E-state index is 14.5. The average molecular weight is 443 g/mol. The van der Waals surface area contributed by atoms with Gasteiger partial charge in [0.25, 0.3) is 0 Å². The first-order valence-electron chi connectivity index (χ1n) is 10.1. The molecule has 7 heteroatoms. The van der Waals surface area contributed by atoms with Gasteiger partial charge in [0.2, 0.25) is 0 Å². The molecule has 0 fully saturated rings. The summed E-state index contributed by atoms with van der Waals surface area (Å²) >= 11 is 1.29. The van der Waals surface area contributed by atoms with Crippen LogP contribution >= 0.6 is 11.8 Å². The number of ketones is 1. The molecule has 0 unspecified atom stereocenters. The van der Waals surface area contributed by atoms with Crippen LogP contribution in [0.2, 0.25) is 0 Å². The van der Waals surface area contributed by atoms with E-state index in [1.165, 1.54) is 17.8 Å². The van der Waals surface area contributed by atoms with E-state index in [1.807, 2.05) is 55.5 Å². The van der Waals surface area contributed by atoms with Gasteiger partial charge in [0, 0.05) is 28.4 Å². The van der Waals surface area contributed by atoms with E-state index in [1.54, 1.807) is 29.0 Å². The third-order valence-electron chi connectivity index (χ3n) is 5.26. The summed E-state index contributed by atoms with van der Waals surface area (Å²) < 4.78 is 16.3. The predicted octanol–water partition coefficient (Wildman–Crippen LogP) is 5.84. The molecule has 0 atom stereocenters. The number of thioether (sulfide) groups is 1. The number of rotatable bonds is 6. The van der Waals surface area contributed by atoms with Gasteiger partial charge in [-0.2, -0.15) is 0 Å². The van der Waals surface area contributed by atoms with Gasteiger partial charge in [0.05, 0.1) is 11.3 Å². The van der Waals surface area contributed by atoms with Crippen LogP contribution in [0.15, 0.2) is 84.1 Å². The lowest BCUT2D eigenvalue weighted by Crippen LogP contribution is -2.05. The summed E-state index contributed by atoms with van der Waals surface area (Å²) in [6, 6.07) is 22.0. The molecule has 2 aromatic heterocycles. The average Bonchev–Trinajstić information content (AvgIpc) is 3.43. The standard InChI is InChI=1S/C25H19FN4OS/c1-16-10-12-17(13-11-16)30-24(19-7-2-4-8-21(19)26)28-29-25(30)32-15-23(31)20-14-27-22-9-5-3-6-18(20)22/h2-14,27H,15H2,1H3. The third-order valence-corrected chi connectivity index (χ3v) is 6.19. The molecule has 0 saturated carbocycles. The number of H-pyrrole nitrogens is 1. The van der Waals surface area contributed by atoms with E-state index in [0.717, 1.165) is 22.2 Å². The molecule has 0 saturated heterocycles. The van der Waals surface area contributed by atoms with E-state index < -0.39 is 0 Å². The molecule has 0 spiro atoms. The van der Waals surface area contributed by atoms with Crippen molar-refractivity contribution in [1.82, 2.24) is 19.7 Å². The van der Waals surface area contributed by atoms with Gasteiger partial charge < -0.3 is 4.98 Å². The van der Waals surface area contributed by atoms with Crippen molar-refractivity contribution in [3.8, 4) is 17.1 Å². The fraction of sp³-hybridized carbons (Fsp3) is 0.0800. The molecule has 0 aliphatic heterocycles. The molecule has 0 bridgehead atoms. The predicted molar refractivity (Wildman–Crippen MR) is 125 cm³/mol. The van der Waals surface area contributed by atoms with E-state index in [-0.39, 0.29) is 17.4 Å². The van der Waals surface area contributed by atoms with Crippen LogP contribution in [0.25, 0.3) is 28.0 Å². The number of nitrogens with zero attached hydrogens (tertiary/aromatic N) is 3. The molecule has 5 aromatic rings. The number of aryl methyl sites for hydroxylation is 1. The molecule has 5 nitrogen and oxygen atoms in total. The number of carbonyl (C=O) groups excluding carboxylic acids is 1. The van der Waals surface area contributed by atoms with E-state index in [2.05, 4.69) is 15.2 Å². The van der Waals surface area contributed by atoms with E-state index in [4.69, 9.17) is 0 Å². The lowest BCUT2D eigenvalue weighted by molar-refractivity contribution is 0.102. The van der Waals surface area contributed by atoms with Gasteiger partial charge in [-0.15, -0.1) is 10.2 Å². The van der Waals surface area contributed by atoms with Crippen LogP contribution in [-0.4, -0.2) is 31.3 Å². The van der Waals surface area contributed by atoms with E-state index >= 15 is 0 Å². The van der Waals surface area contributed by atoms with Crippen LogP contribution in [0, 0.1) is 12.7 Å². The largest absolute Gasteiger partial charge is 0.360 e. The number of fused-ring (bicyclic) bond motifs is 1. The number of carbonyl (C=O) groups is 1. The molecular weight excluding hydrogens is 423 g/mol. The highest BCUT2D eigenvalue weighted by Gasteiger charge is 2.20. The van der Waals surface area contributed by atoms with Gasteiger partial charge in [-0.25, -0.2) is 4.39 Å². The second-order valence-corrected chi connectivity index (χ2v) is 8.36. The first-order chi connectivity index (χ1) is 15.6. The topological polar surface area (TPSA) is 63.6 Å². The van der Waals surface area contributed by atoms with Crippen LogP contribution < -0.4 is 0 Å². The number of hydrogen-bond donors (Lipinski definition) is 1. The van der Waals surface area contributed by atoms with Crippen molar-refractivity contribution in [2.24, 2.45) is 0 Å². The monoisotopic (exact) mass is 442 g/mol. The van der Waals surface area contributed by atoms with Gasteiger partial charge in [0.15, 0.2) is 16.8 Å². The summed E-state index contributed by atoms with van der Waals surface area (Å²) in [5.74, 6) is 0.190. The Kier molecular flexibility index (Phi) is 5.33. The number of aromatic amines is 1. The number of Topliss-reactive ketones (excluding diaryl/α,β-unsaturated/α-hetero) is 1. The van der Waals surface area contributed by atoms with E-state index in [9.17, 15) is 9.18 Å². The molecule has 0 aliphatic rings. The smallest absolute Gasteiger partial charge is 0.196 e. The van der Waals surface area contributed by atoms with Crippen molar-refractivity contribution in [2.45, 2.75) is 12.1 Å². The maximum Gasteiger partial charge on any atom is 0.196 e. The zero-order valence-corrected chi connectivity index (χ0v) is 18.1. The summed E-state index contributed by atoms with van der Waals surface area (Å²) in [6.07, 6.45) is 1.74. The quantitative estimate of drug-likeness (QED) is 0.265. The van der Waals surface area contributed by atoms with Gasteiger partial charge in [-0.1, -0.05) is 59.8 Å². The molecular formula is C25H19FN4OS. The van der Waals surface area contributed by atoms with Crippen molar-refractivity contribution >= 4 is 28.4 Å². The Bertz CT molecular complexity index is 1420. The number of para-hydroxylation sites is 1. The van der Waals surface area contributed by atoms with E-state index in [0.29, 0.717) is 22.1 Å². The van der Waals surface area contributed by atoms with Crippen molar-refractivity contribution < 1.29 is 9.18 Å². The minimum atomic E-state index is -0.375. The summed E-state index contributed by atoms with van der Waals surface area (Å²) in [4.78, 5) is 16.1. The Labute approximate surface area is 188 Å². The highest BCUT2D eigenvalue weighted by Crippen LogP contribution is 2.30. The fourth-order valence-electron chi connectivity index (χ4n) is 3.62. The first-order valence-corrected chi connectivity index (χ1v) is 11.1. The SMILES string of the molecule is Cc1ccc(-n2c(SCC(=O)c3c[nH]c4ccccc34)nnc2-c2ccccc2F)cc1. The highest BCUT2D eigenvalue weighted by molar-refractivity contribution is 7.99. The van der Waals surface area contributed by atoms with Crippen molar-refractivity contribution in [3.05, 3.63) is 95.9 Å². The molecule has 2 heterocycles. The second kappa shape index (κ2) is 8.43. The zero-order valence-electron chi connectivity index (χ0n) is 17.2. The Morgan fingerprint density at radius 1 is 1.00 bits per heavy atom. The number of benzene rings is 3. The number of nitrogens with one attached hydrogen (secondary N) is 1. The highest BCUT2D eigenvalue weighted by atomic mass is 32.2. The Morgan fingerprint density at radius 2 is 1.75 bits per heavy atom. The molecule has 32 heavy (non-hydrogen) atoms. The summed E-state index contributed by atoms with van der Waals surface area (Å²) in [6.45, 7) is 2.00. The van der Waals surface area contributed by atoms with Crippen LogP contribution in [0.5, 0.6) is 0 Å². The molecule has 1 N–H and O–H groups in total. The lowest BCUT2D eigenvalue weighted by atomic mass is 10.1. The molecule has 5 rings (SSSR count). The minimum Gasteiger partial charge on any atom is -0.360 e. The number of halogens is 1. The third kappa shape index (κ3) is 3.71. The van der Waals surface area contributed by atoms with Crippen LogP contribution in [0.3, 0.4) is 0 Å². The Balaban J connectivity index is 1.50. The molecule has 0 radical (unpaired) electrons. The van der Waals surface area contributed by atoms with Crippen LogP contribution in [-0.2, 0) is 0 Å². The zero-order chi connectivity index (χ0) is 22.1. The molecule has 3 aromatic carbocycles. The normalized spacial score (nSPS) is 11.2. The first kappa shape index (κ1) is 20.2. The lowest BCUT2D eigenvalue weighted by Gasteiger charge is -2.11. The summed E-state index contributed by atoms with van der Waals surface area (Å²) in [5, 5.41) is 9.99. The molecule has 0 amide bonds. The van der Waals surface area contributed by atoms with Gasteiger partial charge in [0.1, 0.15) is 5.82 Å². The fourth-order valence-corrected chi connectivity index (χ4v) is 4.45. The van der Waals surface area contributed by atoms with Crippen molar-refractivity contribution in [3.63, 3.8) is 0 Å². The molecule has 158 valence electrons. The second-order valence-electron chi connectivity index (χ2n) is 7.42. The summed E-state index contributed by atoms with van der Waals surface area (Å²) in [7, 11) is 0. The maximum atomic E-state index is 14.5. The van der Waals surface area contributed by atoms with Crippen molar-refractivity contribution in [2.75, 3.05) is 5.75 Å². The Morgan fingerprint density at radius 3 is 2.56 bits per heavy atom. The van der Waals surface area contributed by atoms with Gasteiger partial charge in [-0.3, -0.25) is 9.36 Å². The van der Waals surface area contributed by atoms with Gasteiger partial charge >= 0.3 is 0 Å². The molecule has 0 aliphatic carbocycles. The van der Waals surface area contributed by atoms with Crippen molar-refractivity contribution in [1.29, 1.82) is 0 Å². The van der Waals surface area contributed by atoms with Crippen LogP contribution in [0.4, 0.5) is 4.39 Å². The van der Waals surface area contributed by atoms with Crippen LogP contribution in [0.1, 0.15) is 15.9 Å². The van der Waals surface area contributed by atoms with Gasteiger partial charge in [-0.05, 0) is 37.3 Å². The number of aromatic nitrogens is 4. The Hall–Kier alpha value is -3.71. The minimum absolute atomic E-state index is 0.0154. The number of hydrogen-bond acceptors (Lipinski definition) is 4. The summed E-state index contributed by atoms with van der Waals surface area (Å²) in [5.41, 5.74) is 3.84.